The predicted molar refractivity (Wildman–Crippen MR) is 99.4 cm³/mol. The predicted octanol–water partition coefficient (Wildman–Crippen LogP) is 3.44. The van der Waals surface area contributed by atoms with E-state index >= 15 is 0 Å². The number of rotatable bonds is 5. The third kappa shape index (κ3) is 3.91. The summed E-state index contributed by atoms with van der Waals surface area (Å²) in [6.07, 6.45) is 2.20. The maximum atomic E-state index is 12.4. The molecule has 3 rings (SSSR count). The van der Waals surface area contributed by atoms with Crippen molar-refractivity contribution in [2.45, 2.75) is 12.5 Å². The van der Waals surface area contributed by atoms with Crippen molar-refractivity contribution in [1.29, 1.82) is 0 Å². The maximum absolute atomic E-state index is 12.4. The largest absolute Gasteiger partial charge is 0.467 e. The number of amides is 1. The van der Waals surface area contributed by atoms with Gasteiger partial charge < -0.3 is 15.0 Å². The number of hydrogen-bond acceptors (Lipinski definition) is 3. The number of H-pyrrole nitrogens is 1. The number of hydrogen-bond donors (Lipinski definition) is 2. The monoisotopic (exact) mass is 400 g/mol. The molecule has 128 valence electrons. The molecular weight excluding hydrogens is 384 g/mol. The Balaban J connectivity index is 1.81. The Morgan fingerprint density at radius 1 is 1.16 bits per heavy atom. The molecule has 0 fully saturated rings. The Labute approximate surface area is 153 Å². The van der Waals surface area contributed by atoms with Gasteiger partial charge in [-0.25, -0.2) is 4.79 Å². The lowest BCUT2D eigenvalue weighted by molar-refractivity contribution is -0.142. The highest BCUT2D eigenvalue weighted by atomic mass is 79.9. The molecule has 0 spiro atoms. The van der Waals surface area contributed by atoms with Gasteiger partial charge in [0.05, 0.1) is 7.11 Å². The molecule has 3 aromatic rings. The number of esters is 1. The van der Waals surface area contributed by atoms with E-state index in [4.69, 9.17) is 4.74 Å². The second-order valence-electron chi connectivity index (χ2n) is 5.62. The van der Waals surface area contributed by atoms with Crippen LogP contribution in [0.1, 0.15) is 15.9 Å². The summed E-state index contributed by atoms with van der Waals surface area (Å²) >= 11 is 3.33. The number of nitrogens with one attached hydrogen (secondary N) is 2. The first kappa shape index (κ1) is 17.2. The van der Waals surface area contributed by atoms with Crippen LogP contribution in [0.4, 0.5) is 0 Å². The van der Waals surface area contributed by atoms with Crippen molar-refractivity contribution in [1.82, 2.24) is 10.3 Å². The third-order valence-electron chi connectivity index (χ3n) is 4.00. The Hall–Kier alpha value is -2.60. The molecule has 25 heavy (non-hydrogen) atoms. The minimum absolute atomic E-state index is 0.317. The molecule has 0 radical (unpaired) electrons. The number of halogens is 1. The van der Waals surface area contributed by atoms with Crippen LogP contribution in [0.2, 0.25) is 0 Å². The summed E-state index contributed by atoms with van der Waals surface area (Å²) in [4.78, 5) is 27.7. The van der Waals surface area contributed by atoms with Gasteiger partial charge in [-0.05, 0) is 35.9 Å². The first-order chi connectivity index (χ1) is 12.1. The van der Waals surface area contributed by atoms with Crippen LogP contribution in [0.25, 0.3) is 10.9 Å². The molecule has 0 bridgehead atoms. The SMILES string of the molecule is COC(=O)[C@@H](Cc1c[nH]c2ccccc12)NC(=O)c1ccc(Br)cc1. The highest BCUT2D eigenvalue weighted by Gasteiger charge is 2.23. The van der Waals surface area contributed by atoms with Gasteiger partial charge >= 0.3 is 5.97 Å². The van der Waals surface area contributed by atoms with E-state index in [9.17, 15) is 9.59 Å². The fourth-order valence-electron chi connectivity index (χ4n) is 2.70. The number of carbonyl (C=O) groups excluding carboxylic acids is 2. The number of ether oxygens (including phenoxy) is 1. The Morgan fingerprint density at radius 3 is 2.60 bits per heavy atom. The second kappa shape index (κ2) is 7.53. The molecule has 0 aliphatic rings. The van der Waals surface area contributed by atoms with Gasteiger partial charge in [0, 0.05) is 33.6 Å². The molecule has 2 aromatic carbocycles. The summed E-state index contributed by atoms with van der Waals surface area (Å²) in [6.45, 7) is 0. The smallest absolute Gasteiger partial charge is 0.328 e. The first-order valence-electron chi connectivity index (χ1n) is 7.77. The molecule has 0 unspecified atom stereocenters. The summed E-state index contributed by atoms with van der Waals surface area (Å²) in [5.74, 6) is -0.793. The number of aromatic amines is 1. The number of para-hydroxylation sites is 1. The van der Waals surface area contributed by atoms with Crippen molar-refractivity contribution in [3.05, 3.63) is 70.3 Å². The molecular formula is C19H17BrN2O3. The maximum Gasteiger partial charge on any atom is 0.328 e. The molecule has 5 nitrogen and oxygen atoms in total. The van der Waals surface area contributed by atoms with Crippen molar-refractivity contribution in [2.24, 2.45) is 0 Å². The Morgan fingerprint density at radius 2 is 1.88 bits per heavy atom. The van der Waals surface area contributed by atoms with Gasteiger partial charge in [0.25, 0.3) is 5.91 Å². The van der Waals surface area contributed by atoms with Gasteiger partial charge in [0.2, 0.25) is 0 Å². The molecule has 0 aliphatic carbocycles. The van der Waals surface area contributed by atoms with Crippen LogP contribution >= 0.6 is 15.9 Å². The summed E-state index contributed by atoms with van der Waals surface area (Å²) in [6, 6.07) is 14.0. The van der Waals surface area contributed by atoms with Gasteiger partial charge in [-0.15, -0.1) is 0 Å². The van der Waals surface area contributed by atoms with E-state index in [1.54, 1.807) is 24.3 Å². The van der Waals surface area contributed by atoms with E-state index in [0.29, 0.717) is 12.0 Å². The molecule has 6 heteroatoms. The summed E-state index contributed by atoms with van der Waals surface area (Å²) < 4.78 is 5.74. The highest BCUT2D eigenvalue weighted by molar-refractivity contribution is 9.10. The van der Waals surface area contributed by atoms with Gasteiger partial charge in [-0.3, -0.25) is 4.79 Å². The average Bonchev–Trinajstić information content (AvgIpc) is 3.04. The molecule has 1 atom stereocenters. The van der Waals surface area contributed by atoms with Crippen LogP contribution in [0, 0.1) is 0 Å². The van der Waals surface area contributed by atoms with Crippen LogP contribution in [0.3, 0.4) is 0 Å². The van der Waals surface area contributed by atoms with Crippen LogP contribution < -0.4 is 5.32 Å². The van der Waals surface area contributed by atoms with Crippen molar-refractivity contribution in [2.75, 3.05) is 7.11 Å². The summed E-state index contributed by atoms with van der Waals surface area (Å²) in [5.41, 5.74) is 2.42. The zero-order valence-corrected chi connectivity index (χ0v) is 15.2. The van der Waals surface area contributed by atoms with E-state index in [2.05, 4.69) is 26.2 Å². The third-order valence-corrected chi connectivity index (χ3v) is 4.53. The van der Waals surface area contributed by atoms with E-state index in [0.717, 1.165) is 20.9 Å². The van der Waals surface area contributed by atoms with Crippen LogP contribution in [-0.4, -0.2) is 30.0 Å². The van der Waals surface area contributed by atoms with E-state index in [-0.39, 0.29) is 5.91 Å². The number of carbonyl (C=O) groups is 2. The quantitative estimate of drug-likeness (QED) is 0.644. The van der Waals surface area contributed by atoms with Gasteiger partial charge in [-0.1, -0.05) is 34.1 Å². The zero-order valence-electron chi connectivity index (χ0n) is 13.6. The minimum atomic E-state index is -0.764. The standard InChI is InChI=1S/C19H17BrN2O3/c1-25-19(24)17(22-18(23)12-6-8-14(20)9-7-12)10-13-11-21-16-5-3-2-4-15(13)16/h2-9,11,17,21H,10H2,1H3,(H,22,23)/t17-/m1/s1. The molecule has 0 saturated carbocycles. The van der Waals surface area contributed by atoms with E-state index < -0.39 is 12.0 Å². The van der Waals surface area contributed by atoms with Crippen molar-refractivity contribution < 1.29 is 14.3 Å². The lowest BCUT2D eigenvalue weighted by Gasteiger charge is -2.16. The highest BCUT2D eigenvalue weighted by Crippen LogP contribution is 2.19. The lowest BCUT2D eigenvalue weighted by atomic mass is 10.0. The Kier molecular flexibility index (Phi) is 5.19. The number of aromatic nitrogens is 1. The van der Waals surface area contributed by atoms with Gasteiger partial charge in [0.1, 0.15) is 6.04 Å². The molecule has 1 aromatic heterocycles. The van der Waals surface area contributed by atoms with Crippen LogP contribution in [0.5, 0.6) is 0 Å². The number of benzene rings is 2. The topological polar surface area (TPSA) is 71.2 Å². The van der Waals surface area contributed by atoms with E-state index in [1.807, 2.05) is 30.5 Å². The second-order valence-corrected chi connectivity index (χ2v) is 6.54. The molecule has 2 N–H and O–H groups in total. The summed E-state index contributed by atoms with van der Waals surface area (Å²) in [5, 5.41) is 3.79. The Bertz CT molecular complexity index is 902. The fourth-order valence-corrected chi connectivity index (χ4v) is 2.96. The van der Waals surface area contributed by atoms with Crippen molar-refractivity contribution >= 4 is 38.7 Å². The minimum Gasteiger partial charge on any atom is -0.467 e. The molecule has 1 heterocycles. The zero-order chi connectivity index (χ0) is 17.8. The van der Waals surface area contributed by atoms with Crippen molar-refractivity contribution in [3.63, 3.8) is 0 Å². The fraction of sp³-hybridized carbons (Fsp3) is 0.158. The van der Waals surface area contributed by atoms with Gasteiger partial charge in [0.15, 0.2) is 0 Å². The number of fused-ring (bicyclic) bond motifs is 1. The first-order valence-corrected chi connectivity index (χ1v) is 8.57. The average molecular weight is 401 g/mol. The number of methoxy groups -OCH3 is 1. The molecule has 1 amide bonds. The molecule has 0 aliphatic heterocycles. The van der Waals surface area contributed by atoms with Gasteiger partial charge in [-0.2, -0.15) is 0 Å². The van der Waals surface area contributed by atoms with Crippen LogP contribution in [0.15, 0.2) is 59.2 Å². The lowest BCUT2D eigenvalue weighted by Crippen LogP contribution is -2.43. The van der Waals surface area contributed by atoms with Crippen LogP contribution in [-0.2, 0) is 16.0 Å². The van der Waals surface area contributed by atoms with Crippen molar-refractivity contribution in [3.8, 4) is 0 Å². The van der Waals surface area contributed by atoms with E-state index in [1.165, 1.54) is 7.11 Å². The normalized spacial score (nSPS) is 11.9. The summed E-state index contributed by atoms with van der Waals surface area (Å²) in [7, 11) is 1.32. The molecule has 0 saturated heterocycles.